The molecule has 0 radical (unpaired) electrons. The molecule has 1 aromatic heterocycles. The van der Waals surface area contributed by atoms with E-state index in [0.29, 0.717) is 22.9 Å². The molecular weight excluding hydrogens is 364 g/mol. The number of nitrogens with two attached hydrogens (primary N) is 1. The lowest BCUT2D eigenvalue weighted by Crippen LogP contribution is -2.22. The highest BCUT2D eigenvalue weighted by Crippen LogP contribution is 2.23. The molecule has 0 spiro atoms. The lowest BCUT2D eigenvalue weighted by atomic mass is 10.2. The number of hydrogen-bond acceptors (Lipinski definition) is 5. The third kappa shape index (κ3) is 5.58. The molecule has 2 amide bonds. The number of ether oxygens (including phenoxy) is 1. The summed E-state index contributed by atoms with van der Waals surface area (Å²) >= 11 is 7.18. The predicted molar refractivity (Wildman–Crippen MR) is 96.5 cm³/mol. The van der Waals surface area contributed by atoms with Gasteiger partial charge in [-0.1, -0.05) is 11.6 Å². The molecule has 0 aliphatic rings. The summed E-state index contributed by atoms with van der Waals surface area (Å²) < 4.78 is 5.43. The summed E-state index contributed by atoms with van der Waals surface area (Å²) in [7, 11) is 0. The first-order valence-electron chi connectivity index (χ1n) is 7.45. The smallest absolute Gasteiger partial charge is 0.252 e. The van der Waals surface area contributed by atoms with E-state index in [0.717, 1.165) is 4.88 Å². The Hall–Kier alpha value is -2.38. The second kappa shape index (κ2) is 8.64. The second-order valence-corrected chi connectivity index (χ2v) is 6.82. The minimum atomic E-state index is -0.679. The maximum Gasteiger partial charge on any atom is 0.252 e. The average Bonchev–Trinajstić information content (AvgIpc) is 3.02. The van der Waals surface area contributed by atoms with E-state index in [4.69, 9.17) is 22.1 Å². The molecule has 0 bridgehead atoms. The summed E-state index contributed by atoms with van der Waals surface area (Å²) in [6.07, 6.45) is 0.654. The zero-order valence-corrected chi connectivity index (χ0v) is 15.1. The number of benzene rings is 1. The SMILES string of the molecule is CC(=O)NCCc1ccc(C(=O)COc2ccc(Cl)cc2C(N)=O)s1. The summed E-state index contributed by atoms with van der Waals surface area (Å²) in [6.45, 7) is 1.76. The first-order chi connectivity index (χ1) is 11.9. The number of thiophene rings is 1. The zero-order valence-electron chi connectivity index (χ0n) is 13.5. The van der Waals surface area contributed by atoms with Crippen molar-refractivity contribution in [1.82, 2.24) is 5.32 Å². The van der Waals surface area contributed by atoms with Crippen LogP contribution in [0.25, 0.3) is 0 Å². The first kappa shape index (κ1) is 19.0. The van der Waals surface area contributed by atoms with E-state index in [1.165, 1.54) is 30.4 Å². The monoisotopic (exact) mass is 380 g/mol. The fourth-order valence-corrected chi connectivity index (χ4v) is 3.16. The topological polar surface area (TPSA) is 98.5 Å². The molecule has 2 aromatic rings. The van der Waals surface area contributed by atoms with E-state index in [-0.39, 0.29) is 29.6 Å². The van der Waals surface area contributed by atoms with Crippen molar-refractivity contribution in [3.05, 3.63) is 50.7 Å². The van der Waals surface area contributed by atoms with Crippen LogP contribution in [0.15, 0.2) is 30.3 Å². The molecule has 132 valence electrons. The van der Waals surface area contributed by atoms with Crippen LogP contribution in [-0.2, 0) is 11.2 Å². The summed E-state index contributed by atoms with van der Waals surface area (Å²) in [4.78, 5) is 36.0. The van der Waals surface area contributed by atoms with Gasteiger partial charge in [-0.2, -0.15) is 0 Å². The third-order valence-corrected chi connectivity index (χ3v) is 4.67. The number of hydrogen-bond donors (Lipinski definition) is 2. The number of primary amides is 1. The standard InChI is InChI=1S/C17H17ClN2O4S/c1-10(21)20-7-6-12-3-5-16(25-12)14(22)9-24-15-4-2-11(18)8-13(15)17(19)23/h2-5,8H,6-7,9H2,1H3,(H2,19,23)(H,20,21). The molecule has 25 heavy (non-hydrogen) atoms. The van der Waals surface area contributed by atoms with Crippen molar-refractivity contribution in [2.45, 2.75) is 13.3 Å². The molecular formula is C17H17ClN2O4S. The molecule has 0 fully saturated rings. The Kier molecular flexibility index (Phi) is 6.55. The van der Waals surface area contributed by atoms with Crippen molar-refractivity contribution < 1.29 is 19.1 Å². The van der Waals surface area contributed by atoms with Crippen molar-refractivity contribution >= 4 is 40.5 Å². The second-order valence-electron chi connectivity index (χ2n) is 5.22. The van der Waals surface area contributed by atoms with Crippen LogP contribution in [0.2, 0.25) is 5.02 Å². The van der Waals surface area contributed by atoms with Crippen LogP contribution in [0.4, 0.5) is 0 Å². The maximum absolute atomic E-state index is 12.2. The van der Waals surface area contributed by atoms with E-state index >= 15 is 0 Å². The molecule has 0 saturated carbocycles. The van der Waals surface area contributed by atoms with Gasteiger partial charge in [-0.25, -0.2) is 0 Å². The van der Waals surface area contributed by atoms with E-state index in [1.807, 2.05) is 6.07 Å². The quantitative estimate of drug-likeness (QED) is 0.687. The van der Waals surface area contributed by atoms with Crippen molar-refractivity contribution in [2.75, 3.05) is 13.2 Å². The number of amides is 2. The van der Waals surface area contributed by atoms with Crippen LogP contribution in [0.1, 0.15) is 31.8 Å². The van der Waals surface area contributed by atoms with E-state index in [1.54, 1.807) is 12.1 Å². The van der Waals surface area contributed by atoms with Crippen LogP contribution in [-0.4, -0.2) is 30.7 Å². The fraction of sp³-hybridized carbons (Fsp3) is 0.235. The predicted octanol–water partition coefficient (Wildman–Crippen LogP) is 2.44. The third-order valence-electron chi connectivity index (χ3n) is 3.25. The Morgan fingerprint density at radius 1 is 1.24 bits per heavy atom. The molecule has 2 rings (SSSR count). The van der Waals surface area contributed by atoms with Crippen LogP contribution >= 0.6 is 22.9 Å². The zero-order chi connectivity index (χ0) is 18.4. The van der Waals surface area contributed by atoms with Crippen molar-refractivity contribution in [2.24, 2.45) is 5.73 Å². The molecule has 1 heterocycles. The molecule has 0 aliphatic carbocycles. The Morgan fingerprint density at radius 3 is 2.68 bits per heavy atom. The Labute approximate surface area is 153 Å². The van der Waals surface area contributed by atoms with Gasteiger partial charge in [0.15, 0.2) is 6.61 Å². The van der Waals surface area contributed by atoms with Crippen LogP contribution in [0, 0.1) is 0 Å². The Balaban J connectivity index is 1.96. The maximum atomic E-state index is 12.2. The number of carbonyl (C=O) groups is 3. The lowest BCUT2D eigenvalue weighted by molar-refractivity contribution is -0.118. The molecule has 0 atom stereocenters. The van der Waals surface area contributed by atoms with Crippen LogP contribution < -0.4 is 15.8 Å². The molecule has 1 aromatic carbocycles. The normalized spacial score (nSPS) is 10.3. The highest BCUT2D eigenvalue weighted by Gasteiger charge is 2.14. The van der Waals surface area contributed by atoms with Crippen molar-refractivity contribution in [3.63, 3.8) is 0 Å². The lowest BCUT2D eigenvalue weighted by Gasteiger charge is -2.08. The largest absolute Gasteiger partial charge is 0.485 e. The van der Waals surface area contributed by atoms with Gasteiger partial charge in [0.05, 0.1) is 10.4 Å². The molecule has 0 unspecified atom stereocenters. The number of Topliss-reactive ketones (excluding diaryl/α,β-unsaturated/α-hetero) is 1. The fourth-order valence-electron chi connectivity index (χ4n) is 2.06. The summed E-state index contributed by atoms with van der Waals surface area (Å²) in [6, 6.07) is 8.02. The number of halogens is 1. The minimum absolute atomic E-state index is 0.0884. The highest BCUT2D eigenvalue weighted by molar-refractivity contribution is 7.14. The molecule has 8 heteroatoms. The van der Waals surface area contributed by atoms with Gasteiger partial charge in [-0.05, 0) is 36.8 Å². The average molecular weight is 381 g/mol. The Bertz CT molecular complexity index is 804. The summed E-state index contributed by atoms with van der Waals surface area (Å²) in [5.41, 5.74) is 5.41. The van der Waals surface area contributed by atoms with E-state index < -0.39 is 5.91 Å². The van der Waals surface area contributed by atoms with Gasteiger partial charge in [0, 0.05) is 23.4 Å². The van der Waals surface area contributed by atoms with Gasteiger partial charge < -0.3 is 15.8 Å². The Morgan fingerprint density at radius 2 is 2.00 bits per heavy atom. The molecule has 0 saturated heterocycles. The first-order valence-corrected chi connectivity index (χ1v) is 8.64. The molecule has 6 nitrogen and oxygen atoms in total. The highest BCUT2D eigenvalue weighted by atomic mass is 35.5. The number of carbonyl (C=O) groups excluding carboxylic acids is 3. The van der Waals surface area contributed by atoms with Gasteiger partial charge in [0.2, 0.25) is 11.7 Å². The van der Waals surface area contributed by atoms with Crippen LogP contribution in [0.3, 0.4) is 0 Å². The van der Waals surface area contributed by atoms with Gasteiger partial charge >= 0.3 is 0 Å². The van der Waals surface area contributed by atoms with Crippen molar-refractivity contribution in [3.8, 4) is 5.75 Å². The summed E-state index contributed by atoms with van der Waals surface area (Å²) in [5.74, 6) is -0.760. The van der Waals surface area contributed by atoms with Crippen LogP contribution in [0.5, 0.6) is 5.75 Å². The van der Waals surface area contributed by atoms with Crippen molar-refractivity contribution in [1.29, 1.82) is 0 Å². The van der Waals surface area contributed by atoms with Gasteiger partial charge in [-0.3, -0.25) is 14.4 Å². The van der Waals surface area contributed by atoms with Gasteiger partial charge in [0.1, 0.15) is 5.75 Å². The number of nitrogens with one attached hydrogen (secondary N) is 1. The molecule has 3 N–H and O–H groups in total. The van der Waals surface area contributed by atoms with Gasteiger partial charge in [0.25, 0.3) is 5.91 Å². The van der Waals surface area contributed by atoms with E-state index in [2.05, 4.69) is 5.32 Å². The number of rotatable bonds is 8. The van der Waals surface area contributed by atoms with Gasteiger partial charge in [-0.15, -0.1) is 11.3 Å². The minimum Gasteiger partial charge on any atom is -0.485 e. The van der Waals surface area contributed by atoms with E-state index in [9.17, 15) is 14.4 Å². The molecule has 0 aliphatic heterocycles. The number of ketones is 1. The summed E-state index contributed by atoms with van der Waals surface area (Å²) in [5, 5.41) is 3.06.